The third kappa shape index (κ3) is 5.90. The predicted octanol–water partition coefficient (Wildman–Crippen LogP) is 5.74. The Hall–Kier alpha value is -3.04. The van der Waals surface area contributed by atoms with E-state index in [1.807, 2.05) is 6.07 Å². The number of alkyl halides is 3. The van der Waals surface area contributed by atoms with Gasteiger partial charge in [-0.1, -0.05) is 59.6 Å². The molecule has 3 rings (SSSR count). The number of halogens is 4. The maximum atomic E-state index is 13.4. The highest BCUT2D eigenvalue weighted by molar-refractivity contribution is 7.92. The van der Waals surface area contributed by atoms with Crippen LogP contribution in [0.3, 0.4) is 0 Å². The van der Waals surface area contributed by atoms with E-state index in [9.17, 15) is 26.4 Å². The summed E-state index contributed by atoms with van der Waals surface area (Å²) in [7, 11) is -4.38. The number of carbonyl (C=O) groups is 1. The van der Waals surface area contributed by atoms with E-state index >= 15 is 0 Å². The number of aryl methyl sites for hydroxylation is 1. The Morgan fingerprint density at radius 2 is 1.65 bits per heavy atom. The number of hydrogen-bond donors (Lipinski definition) is 1. The van der Waals surface area contributed by atoms with Crippen LogP contribution >= 0.6 is 11.6 Å². The monoisotopic (exact) mass is 510 g/mol. The zero-order valence-corrected chi connectivity index (χ0v) is 19.9. The number of hydrogen-bond acceptors (Lipinski definition) is 3. The average Bonchev–Trinajstić information content (AvgIpc) is 2.78. The molecule has 3 aromatic carbocycles. The number of amides is 1. The SMILES string of the molecule is Cc1ccc(S(=O)(=O)N(CC(=O)N[C@@H](C)c2ccccc2)c2ccc(Cl)c(C(F)(F)F)c2)cc1. The molecular weight excluding hydrogens is 489 g/mol. The molecule has 1 amide bonds. The number of sulfonamides is 1. The molecule has 0 aliphatic rings. The van der Waals surface area contributed by atoms with Crippen LogP contribution in [0.25, 0.3) is 0 Å². The van der Waals surface area contributed by atoms with Crippen molar-refractivity contribution in [1.29, 1.82) is 0 Å². The molecule has 0 aromatic heterocycles. The van der Waals surface area contributed by atoms with Crippen molar-refractivity contribution in [3.05, 3.63) is 94.5 Å². The largest absolute Gasteiger partial charge is 0.417 e. The highest BCUT2D eigenvalue weighted by Gasteiger charge is 2.35. The van der Waals surface area contributed by atoms with Crippen LogP contribution in [0, 0.1) is 6.92 Å². The van der Waals surface area contributed by atoms with E-state index in [4.69, 9.17) is 11.6 Å². The molecule has 180 valence electrons. The quantitative estimate of drug-likeness (QED) is 0.441. The molecule has 0 saturated carbocycles. The molecule has 0 saturated heterocycles. The van der Waals surface area contributed by atoms with Crippen LogP contribution in [0.2, 0.25) is 5.02 Å². The second-order valence-electron chi connectivity index (χ2n) is 7.69. The van der Waals surface area contributed by atoms with Crippen LogP contribution in [-0.2, 0) is 21.0 Å². The maximum absolute atomic E-state index is 13.4. The molecule has 10 heteroatoms. The topological polar surface area (TPSA) is 66.5 Å². The summed E-state index contributed by atoms with van der Waals surface area (Å²) < 4.78 is 67.8. The molecule has 1 atom stereocenters. The van der Waals surface area contributed by atoms with Crippen LogP contribution in [-0.4, -0.2) is 20.9 Å². The van der Waals surface area contributed by atoms with Gasteiger partial charge in [0.2, 0.25) is 5.91 Å². The van der Waals surface area contributed by atoms with Crippen molar-refractivity contribution < 1.29 is 26.4 Å². The molecule has 3 aromatic rings. The lowest BCUT2D eigenvalue weighted by molar-refractivity contribution is -0.137. The highest BCUT2D eigenvalue weighted by Crippen LogP contribution is 2.38. The van der Waals surface area contributed by atoms with E-state index in [1.165, 1.54) is 12.1 Å². The summed E-state index contributed by atoms with van der Waals surface area (Å²) in [5.74, 6) is -0.685. The first-order valence-corrected chi connectivity index (χ1v) is 12.0. The zero-order valence-electron chi connectivity index (χ0n) is 18.3. The van der Waals surface area contributed by atoms with E-state index in [0.29, 0.717) is 10.4 Å². The van der Waals surface area contributed by atoms with Crippen molar-refractivity contribution in [3.8, 4) is 0 Å². The van der Waals surface area contributed by atoms with Crippen LogP contribution < -0.4 is 9.62 Å². The minimum atomic E-state index is -4.81. The van der Waals surface area contributed by atoms with Crippen molar-refractivity contribution in [2.45, 2.75) is 31.0 Å². The summed E-state index contributed by atoms with van der Waals surface area (Å²) in [4.78, 5) is 12.7. The third-order valence-corrected chi connectivity index (χ3v) is 7.23. The molecule has 0 aliphatic heterocycles. The summed E-state index contributed by atoms with van der Waals surface area (Å²) in [5.41, 5.74) is 0.0501. The average molecular weight is 511 g/mol. The van der Waals surface area contributed by atoms with Gasteiger partial charge in [0.05, 0.1) is 27.2 Å². The van der Waals surface area contributed by atoms with Crippen LogP contribution in [0.5, 0.6) is 0 Å². The lowest BCUT2D eigenvalue weighted by atomic mass is 10.1. The Morgan fingerprint density at radius 1 is 1.03 bits per heavy atom. The van der Waals surface area contributed by atoms with Gasteiger partial charge in [0, 0.05) is 0 Å². The van der Waals surface area contributed by atoms with E-state index in [2.05, 4.69) is 5.32 Å². The molecule has 0 aliphatic carbocycles. The molecule has 0 unspecified atom stereocenters. The minimum absolute atomic E-state index is 0.162. The van der Waals surface area contributed by atoms with E-state index in [-0.39, 0.29) is 10.6 Å². The van der Waals surface area contributed by atoms with Crippen molar-refractivity contribution in [2.24, 2.45) is 0 Å². The smallest absolute Gasteiger partial charge is 0.348 e. The molecule has 34 heavy (non-hydrogen) atoms. The Bertz CT molecular complexity index is 1260. The van der Waals surface area contributed by atoms with Crippen molar-refractivity contribution in [3.63, 3.8) is 0 Å². The van der Waals surface area contributed by atoms with Gasteiger partial charge in [-0.25, -0.2) is 8.42 Å². The summed E-state index contributed by atoms with van der Waals surface area (Å²) in [6.07, 6.45) is -4.81. The first kappa shape index (κ1) is 25.6. The fourth-order valence-electron chi connectivity index (χ4n) is 3.28. The van der Waals surface area contributed by atoms with Gasteiger partial charge in [-0.15, -0.1) is 0 Å². The minimum Gasteiger partial charge on any atom is -0.348 e. The van der Waals surface area contributed by atoms with Crippen molar-refractivity contribution in [1.82, 2.24) is 5.32 Å². The van der Waals surface area contributed by atoms with Gasteiger partial charge >= 0.3 is 6.18 Å². The van der Waals surface area contributed by atoms with Crippen molar-refractivity contribution in [2.75, 3.05) is 10.8 Å². The van der Waals surface area contributed by atoms with E-state index < -0.39 is 45.3 Å². The second kappa shape index (κ2) is 10.1. The Labute approximate surface area is 201 Å². The van der Waals surface area contributed by atoms with Gasteiger partial charge in [0.25, 0.3) is 10.0 Å². The molecule has 0 fully saturated rings. The molecular formula is C24H22ClF3N2O3S. The van der Waals surface area contributed by atoms with Gasteiger partial charge in [-0.3, -0.25) is 9.10 Å². The zero-order chi connectivity index (χ0) is 25.1. The molecule has 1 N–H and O–H groups in total. The lowest BCUT2D eigenvalue weighted by Crippen LogP contribution is -2.41. The van der Waals surface area contributed by atoms with E-state index in [1.54, 1.807) is 50.2 Å². The highest BCUT2D eigenvalue weighted by atomic mass is 35.5. The number of benzene rings is 3. The molecule has 0 radical (unpaired) electrons. The molecule has 0 heterocycles. The van der Waals surface area contributed by atoms with E-state index in [0.717, 1.165) is 23.3 Å². The maximum Gasteiger partial charge on any atom is 0.417 e. The summed E-state index contributed by atoms with van der Waals surface area (Å²) in [6, 6.07) is 17.0. The molecule has 5 nitrogen and oxygen atoms in total. The number of anilines is 1. The molecule has 0 bridgehead atoms. The number of rotatable bonds is 7. The summed E-state index contributed by atoms with van der Waals surface area (Å²) >= 11 is 5.71. The van der Waals surface area contributed by atoms with Gasteiger partial charge in [-0.05, 0) is 49.7 Å². The predicted molar refractivity (Wildman–Crippen MR) is 125 cm³/mol. The Kier molecular flexibility index (Phi) is 7.57. The van der Waals surface area contributed by atoms with Gasteiger partial charge in [0.1, 0.15) is 6.54 Å². The lowest BCUT2D eigenvalue weighted by Gasteiger charge is -2.26. The first-order valence-electron chi connectivity index (χ1n) is 10.2. The third-order valence-electron chi connectivity index (χ3n) is 5.12. The van der Waals surface area contributed by atoms with Gasteiger partial charge in [-0.2, -0.15) is 13.2 Å². The number of carbonyl (C=O) groups excluding carboxylic acids is 1. The summed E-state index contributed by atoms with van der Waals surface area (Å²) in [5, 5.41) is 2.11. The van der Waals surface area contributed by atoms with Crippen LogP contribution in [0.15, 0.2) is 77.7 Å². The van der Waals surface area contributed by atoms with Gasteiger partial charge < -0.3 is 5.32 Å². The Morgan fingerprint density at radius 3 is 2.24 bits per heavy atom. The number of nitrogens with one attached hydrogen (secondary N) is 1. The second-order valence-corrected chi connectivity index (χ2v) is 9.96. The summed E-state index contributed by atoms with van der Waals surface area (Å²) in [6.45, 7) is 2.75. The first-order chi connectivity index (χ1) is 15.9. The fourth-order valence-corrected chi connectivity index (χ4v) is 4.92. The standard InChI is InChI=1S/C24H22ClF3N2O3S/c1-16-8-11-20(12-9-16)34(32,33)30(19-10-13-22(25)21(14-19)24(26,27)28)15-23(31)29-17(2)18-6-4-3-5-7-18/h3-14,17H,15H2,1-2H3,(H,29,31)/t17-/m0/s1. The van der Waals surface area contributed by atoms with Crippen molar-refractivity contribution >= 4 is 33.2 Å². The number of nitrogens with zero attached hydrogens (tertiary/aromatic N) is 1. The normalized spacial score (nSPS) is 12.8. The van der Waals surface area contributed by atoms with Gasteiger partial charge in [0.15, 0.2) is 0 Å². The molecule has 0 spiro atoms. The van der Waals surface area contributed by atoms with Crippen LogP contribution in [0.4, 0.5) is 18.9 Å². The van der Waals surface area contributed by atoms with Crippen LogP contribution in [0.1, 0.15) is 29.7 Å². The fraction of sp³-hybridized carbons (Fsp3) is 0.208. The Balaban J connectivity index is 2.01.